The van der Waals surface area contributed by atoms with Crippen LogP contribution in [0.4, 0.5) is 0 Å². The van der Waals surface area contributed by atoms with Crippen molar-refractivity contribution < 1.29 is 23.8 Å². The molecule has 1 saturated carbocycles. The van der Waals surface area contributed by atoms with E-state index in [-0.39, 0.29) is 28.9 Å². The second kappa shape index (κ2) is 9.09. The summed E-state index contributed by atoms with van der Waals surface area (Å²) in [6.45, 7) is 8.86. The molecule has 33 heavy (non-hydrogen) atoms. The number of rotatable bonds is 5. The van der Waals surface area contributed by atoms with Gasteiger partial charge in [-0.3, -0.25) is 0 Å². The number of carbonyl (C=O) groups excluding carboxylic acids is 1. The smallest absolute Gasteiger partial charge is 0.337 e. The molecule has 0 unspecified atom stereocenters. The first kappa shape index (κ1) is 23.7. The summed E-state index contributed by atoms with van der Waals surface area (Å²) in [5.74, 6) is -0.804. The molecule has 1 N–H and O–H groups in total. The summed E-state index contributed by atoms with van der Waals surface area (Å²) in [7, 11) is -1.39. The van der Waals surface area contributed by atoms with Crippen LogP contribution in [0.1, 0.15) is 34.1 Å². The fraction of sp³-hybridized carbons (Fsp3) is 0.444. The number of hydrogen-bond donors (Lipinski definition) is 1. The van der Waals surface area contributed by atoms with Gasteiger partial charge in [0.1, 0.15) is 0 Å². The summed E-state index contributed by atoms with van der Waals surface area (Å²) in [5, 5.41) is 12.9. The fourth-order valence-electron chi connectivity index (χ4n) is 5.74. The van der Waals surface area contributed by atoms with Crippen molar-refractivity contribution in [2.24, 2.45) is 17.8 Å². The average molecular weight is 467 g/mol. The Balaban J connectivity index is 1.79. The van der Waals surface area contributed by atoms with Crippen molar-refractivity contribution in [3.05, 3.63) is 72.5 Å². The Morgan fingerprint density at radius 1 is 1.03 bits per heavy atom. The van der Waals surface area contributed by atoms with Crippen molar-refractivity contribution in [1.29, 1.82) is 0 Å². The first-order valence-electron chi connectivity index (χ1n) is 11.6. The molecule has 0 spiro atoms. The molecule has 2 aromatic carbocycles. The zero-order valence-electron chi connectivity index (χ0n) is 20.0. The van der Waals surface area contributed by atoms with E-state index in [1.54, 1.807) is 0 Å². The summed E-state index contributed by atoms with van der Waals surface area (Å²) in [4.78, 5) is 12.4. The van der Waals surface area contributed by atoms with Crippen molar-refractivity contribution in [3.8, 4) is 0 Å². The van der Waals surface area contributed by atoms with Crippen molar-refractivity contribution in [2.75, 3.05) is 7.11 Å². The van der Waals surface area contributed by atoms with Gasteiger partial charge in [-0.05, 0) is 27.8 Å². The van der Waals surface area contributed by atoms with E-state index in [2.05, 4.69) is 76.2 Å². The lowest BCUT2D eigenvalue weighted by Crippen LogP contribution is -2.68. The van der Waals surface area contributed by atoms with Crippen molar-refractivity contribution >= 4 is 24.7 Å². The number of aliphatic hydroxyl groups is 1. The molecule has 1 aliphatic heterocycles. The molecular weight excluding hydrogens is 432 g/mol. The van der Waals surface area contributed by atoms with E-state index in [4.69, 9.17) is 13.9 Å². The number of benzene rings is 2. The number of carbonyl (C=O) groups is 1. The first-order valence-corrected chi connectivity index (χ1v) is 13.5. The second-order valence-electron chi connectivity index (χ2n) is 10.2. The third-order valence-electron chi connectivity index (χ3n) is 7.37. The largest absolute Gasteiger partial charge is 0.472 e. The molecule has 5 atom stereocenters. The minimum absolute atomic E-state index is 0.00000520. The van der Waals surface area contributed by atoms with E-state index in [0.717, 1.165) is 0 Å². The summed E-state index contributed by atoms with van der Waals surface area (Å²) in [5.41, 5.74) is 0.480. The van der Waals surface area contributed by atoms with Gasteiger partial charge < -0.3 is 19.0 Å². The van der Waals surface area contributed by atoms with Gasteiger partial charge in [-0.1, -0.05) is 88.4 Å². The normalized spacial score (nSPS) is 27.3. The molecule has 1 heterocycles. The molecule has 4 rings (SSSR count). The lowest BCUT2D eigenvalue weighted by Gasteiger charge is -2.45. The van der Waals surface area contributed by atoms with Crippen LogP contribution in [-0.2, 0) is 18.7 Å². The Bertz CT molecular complexity index is 959. The second-order valence-corrected chi connectivity index (χ2v) is 14.4. The Kier molecular flexibility index (Phi) is 6.53. The highest BCUT2D eigenvalue weighted by molar-refractivity contribution is 6.99. The van der Waals surface area contributed by atoms with Crippen LogP contribution < -0.4 is 10.4 Å². The lowest BCUT2D eigenvalue weighted by molar-refractivity contribution is -0.145. The highest BCUT2D eigenvalue weighted by Gasteiger charge is 2.56. The Hall–Kier alpha value is -2.41. The molecule has 0 saturated heterocycles. The van der Waals surface area contributed by atoms with Crippen LogP contribution in [-0.4, -0.2) is 38.9 Å². The maximum absolute atomic E-state index is 12.4. The average Bonchev–Trinajstić information content (AvgIpc) is 3.14. The predicted octanol–water partition coefficient (Wildman–Crippen LogP) is 3.61. The van der Waals surface area contributed by atoms with E-state index in [9.17, 15) is 9.90 Å². The quantitative estimate of drug-likeness (QED) is 0.539. The topological polar surface area (TPSA) is 65.0 Å². The molecule has 5 nitrogen and oxygen atoms in total. The molecule has 1 aliphatic carbocycles. The van der Waals surface area contributed by atoms with Crippen LogP contribution in [0, 0.1) is 17.8 Å². The Morgan fingerprint density at radius 2 is 1.58 bits per heavy atom. The third-order valence-corrected chi connectivity index (χ3v) is 12.4. The zero-order chi connectivity index (χ0) is 23.8. The zero-order valence-corrected chi connectivity index (χ0v) is 21.0. The van der Waals surface area contributed by atoms with Crippen LogP contribution in [0.5, 0.6) is 0 Å². The lowest BCUT2D eigenvalue weighted by atomic mass is 9.83. The van der Waals surface area contributed by atoms with Crippen LogP contribution in [0.2, 0.25) is 5.04 Å². The van der Waals surface area contributed by atoms with Gasteiger partial charge in [-0.2, -0.15) is 0 Å². The Labute approximate surface area is 197 Å². The maximum Gasteiger partial charge on any atom is 0.337 e. The third kappa shape index (κ3) is 4.05. The van der Waals surface area contributed by atoms with E-state index in [1.165, 1.54) is 23.7 Å². The molecule has 1 fully saturated rings. The monoisotopic (exact) mass is 466 g/mol. The molecule has 2 aliphatic rings. The molecule has 0 amide bonds. The number of ether oxygens (including phenoxy) is 2. The summed E-state index contributed by atoms with van der Waals surface area (Å²) < 4.78 is 17.8. The van der Waals surface area contributed by atoms with E-state index in [0.29, 0.717) is 12.0 Å². The van der Waals surface area contributed by atoms with E-state index in [1.807, 2.05) is 12.1 Å². The predicted molar refractivity (Wildman–Crippen MR) is 130 cm³/mol. The minimum atomic E-state index is -2.76. The van der Waals surface area contributed by atoms with Gasteiger partial charge in [-0.15, -0.1) is 0 Å². The van der Waals surface area contributed by atoms with E-state index >= 15 is 0 Å². The van der Waals surface area contributed by atoms with E-state index < -0.39 is 20.6 Å². The number of methoxy groups -OCH3 is 1. The molecule has 6 heteroatoms. The molecule has 0 aromatic heterocycles. The van der Waals surface area contributed by atoms with Crippen LogP contribution in [0.25, 0.3) is 0 Å². The fourth-order valence-corrected chi connectivity index (χ4v) is 10.5. The molecular formula is C27H34O5Si. The number of aliphatic hydroxyl groups excluding tert-OH is 1. The van der Waals surface area contributed by atoms with Crippen LogP contribution in [0.15, 0.2) is 72.5 Å². The number of fused-ring (bicyclic) bond motifs is 1. The summed E-state index contributed by atoms with van der Waals surface area (Å²) in [6.07, 6.45) is 0.898. The van der Waals surface area contributed by atoms with Gasteiger partial charge in [0.25, 0.3) is 8.32 Å². The summed E-state index contributed by atoms with van der Waals surface area (Å²) >= 11 is 0. The standard InChI is InChI=1S/C27H34O5Si/c1-18-23(16-21-22(25(28)30-5)17-31-26(29)24(18)21)32-33(27(2,3)4,19-12-8-6-9-13-19)20-14-10-7-11-15-20/h6-15,17-18,21,23-24,26,29H,16H2,1-5H3/t18-,21+,23-,24+,26+/m0/s1. The minimum Gasteiger partial charge on any atom is -0.472 e. The van der Waals surface area contributed by atoms with Crippen LogP contribution in [0.3, 0.4) is 0 Å². The van der Waals surface area contributed by atoms with Gasteiger partial charge in [-0.25, -0.2) is 4.79 Å². The number of hydrogen-bond acceptors (Lipinski definition) is 5. The Morgan fingerprint density at radius 3 is 2.06 bits per heavy atom. The SMILES string of the molecule is COC(=O)C1=CO[C@@H](O)[C@@H]2[C@@H](C)[C@@H](O[Si](c3ccccc3)(c3ccccc3)C(C)(C)C)C[C@H]12. The first-order chi connectivity index (χ1) is 15.7. The number of esters is 1. The molecule has 176 valence electrons. The molecule has 0 bridgehead atoms. The van der Waals surface area contributed by atoms with Gasteiger partial charge in [0.05, 0.1) is 18.9 Å². The maximum atomic E-state index is 12.4. The van der Waals surface area contributed by atoms with Crippen LogP contribution >= 0.6 is 0 Å². The molecule has 2 aromatic rings. The van der Waals surface area contributed by atoms with Gasteiger partial charge >= 0.3 is 5.97 Å². The van der Waals surface area contributed by atoms with Gasteiger partial charge in [0.15, 0.2) is 6.29 Å². The van der Waals surface area contributed by atoms with Gasteiger partial charge in [0, 0.05) is 17.9 Å². The van der Waals surface area contributed by atoms with Crippen molar-refractivity contribution in [1.82, 2.24) is 0 Å². The van der Waals surface area contributed by atoms with Crippen molar-refractivity contribution in [2.45, 2.75) is 51.5 Å². The molecule has 0 radical (unpaired) electrons. The van der Waals surface area contributed by atoms with Crippen molar-refractivity contribution in [3.63, 3.8) is 0 Å². The highest BCUT2D eigenvalue weighted by Crippen LogP contribution is 2.49. The summed E-state index contributed by atoms with van der Waals surface area (Å²) in [6, 6.07) is 21.1. The highest BCUT2D eigenvalue weighted by atomic mass is 28.4. The van der Waals surface area contributed by atoms with Gasteiger partial charge in [0.2, 0.25) is 0 Å².